The van der Waals surface area contributed by atoms with E-state index in [9.17, 15) is 4.79 Å². The molecule has 3 rings (SSSR count). The number of rotatable bonds is 5. The van der Waals surface area contributed by atoms with Crippen molar-refractivity contribution >= 4 is 44.2 Å². The maximum Gasteiger partial charge on any atom is 0.222 e. The lowest BCUT2D eigenvalue weighted by Gasteiger charge is -2.34. The molecule has 1 fully saturated rings. The lowest BCUT2D eigenvalue weighted by atomic mass is 10.2. The number of carbonyl (C=O) groups is 1. The second-order valence-corrected chi connectivity index (χ2v) is 8.20. The van der Waals surface area contributed by atoms with Gasteiger partial charge in [-0.3, -0.25) is 9.69 Å². The van der Waals surface area contributed by atoms with Crippen molar-refractivity contribution in [3.8, 4) is 0 Å². The highest BCUT2D eigenvalue weighted by molar-refractivity contribution is 7.22. The number of hydrogen-bond donors (Lipinski definition) is 1. The van der Waals surface area contributed by atoms with Crippen LogP contribution in [0.1, 0.15) is 19.4 Å². The minimum atomic E-state index is 0.0474. The topological polar surface area (TPSA) is 48.5 Å². The van der Waals surface area contributed by atoms with Crippen molar-refractivity contribution in [3.05, 3.63) is 22.7 Å². The molecule has 5 nitrogen and oxygen atoms in total. The highest BCUT2D eigenvalue weighted by atomic mass is 35.5. The molecular formula is C18H25ClN4OS. The summed E-state index contributed by atoms with van der Waals surface area (Å²) < 4.78 is 1.08. The predicted octanol–water partition coefficient (Wildman–Crippen LogP) is 3.15. The van der Waals surface area contributed by atoms with Crippen molar-refractivity contribution in [3.63, 3.8) is 0 Å². The number of benzene rings is 1. The number of aromatic nitrogens is 1. The first-order chi connectivity index (χ1) is 12.0. The first-order valence-electron chi connectivity index (χ1n) is 8.76. The number of nitrogens with zero attached hydrogens (tertiary/aromatic N) is 3. The zero-order valence-electron chi connectivity index (χ0n) is 15.0. The molecular weight excluding hydrogens is 356 g/mol. The average Bonchev–Trinajstić information content (AvgIpc) is 3.05. The Labute approximate surface area is 158 Å². The van der Waals surface area contributed by atoms with Crippen LogP contribution in [-0.4, -0.2) is 55.1 Å². The normalized spacial score (nSPS) is 16.0. The van der Waals surface area contributed by atoms with Gasteiger partial charge in [0, 0.05) is 45.2 Å². The van der Waals surface area contributed by atoms with E-state index < -0.39 is 0 Å². The maximum atomic E-state index is 11.6. The molecule has 0 atom stereocenters. The Kier molecular flexibility index (Phi) is 5.81. The SMILES string of the molecule is Cc1ccc(Cl)c2sc(N3CCN(CCNC(=O)C(C)C)CC3)nc12. The first-order valence-corrected chi connectivity index (χ1v) is 9.96. The van der Waals surface area contributed by atoms with Crippen LogP contribution in [0.25, 0.3) is 10.2 Å². The van der Waals surface area contributed by atoms with Crippen LogP contribution in [0.2, 0.25) is 5.02 Å². The van der Waals surface area contributed by atoms with E-state index in [1.807, 2.05) is 26.0 Å². The van der Waals surface area contributed by atoms with Gasteiger partial charge in [-0.15, -0.1) is 0 Å². The zero-order valence-corrected chi connectivity index (χ0v) is 16.6. The summed E-state index contributed by atoms with van der Waals surface area (Å²) in [6.07, 6.45) is 0. The van der Waals surface area contributed by atoms with E-state index in [0.717, 1.165) is 53.1 Å². The van der Waals surface area contributed by atoms with Crippen LogP contribution in [0, 0.1) is 12.8 Å². The van der Waals surface area contributed by atoms with Gasteiger partial charge in [-0.2, -0.15) is 0 Å². The Hall–Kier alpha value is -1.37. The van der Waals surface area contributed by atoms with E-state index in [1.54, 1.807) is 11.3 Å². The summed E-state index contributed by atoms with van der Waals surface area (Å²) in [4.78, 5) is 21.1. The number of fused-ring (bicyclic) bond motifs is 1. The summed E-state index contributed by atoms with van der Waals surface area (Å²) in [5.41, 5.74) is 2.19. The summed E-state index contributed by atoms with van der Waals surface area (Å²) >= 11 is 8.00. The number of hydrogen-bond acceptors (Lipinski definition) is 5. The van der Waals surface area contributed by atoms with E-state index in [2.05, 4.69) is 22.0 Å². The molecule has 136 valence electrons. The number of carbonyl (C=O) groups excluding carboxylic acids is 1. The molecule has 0 bridgehead atoms. The fourth-order valence-electron chi connectivity index (χ4n) is 2.93. The fraction of sp³-hybridized carbons (Fsp3) is 0.556. The van der Waals surface area contributed by atoms with Gasteiger partial charge in [0.1, 0.15) is 0 Å². The standard InChI is InChI=1S/C18H25ClN4OS/c1-12(2)17(24)20-6-7-22-8-10-23(11-9-22)18-21-15-13(3)4-5-14(19)16(15)25-18/h4-5,12H,6-11H2,1-3H3,(H,20,24). The molecule has 1 aromatic carbocycles. The van der Waals surface area contributed by atoms with Gasteiger partial charge in [-0.1, -0.05) is 42.9 Å². The van der Waals surface area contributed by atoms with Crippen molar-refractivity contribution in [1.29, 1.82) is 0 Å². The molecule has 0 spiro atoms. The third-order valence-corrected chi connectivity index (χ3v) is 6.16. The third kappa shape index (κ3) is 4.25. The zero-order chi connectivity index (χ0) is 18.0. The molecule has 0 radical (unpaired) electrons. The molecule has 1 aromatic heterocycles. The second-order valence-electron chi connectivity index (χ2n) is 6.81. The summed E-state index contributed by atoms with van der Waals surface area (Å²) in [5.74, 6) is 0.173. The second kappa shape index (κ2) is 7.89. The Bertz CT molecular complexity index is 714. The maximum absolute atomic E-state index is 11.6. The predicted molar refractivity (Wildman–Crippen MR) is 106 cm³/mol. The number of aryl methyl sites for hydroxylation is 1. The van der Waals surface area contributed by atoms with Crippen LogP contribution < -0.4 is 10.2 Å². The molecule has 1 aliphatic heterocycles. The molecule has 0 aliphatic carbocycles. The number of thiazole rings is 1. The van der Waals surface area contributed by atoms with Crippen molar-refractivity contribution in [2.45, 2.75) is 20.8 Å². The van der Waals surface area contributed by atoms with Crippen molar-refractivity contribution < 1.29 is 4.79 Å². The summed E-state index contributed by atoms with van der Waals surface area (Å²) in [5, 5.41) is 4.82. The van der Waals surface area contributed by atoms with Gasteiger partial charge in [0.05, 0.1) is 15.2 Å². The van der Waals surface area contributed by atoms with Gasteiger partial charge in [-0.05, 0) is 18.6 Å². The van der Waals surface area contributed by atoms with Crippen LogP contribution in [0.5, 0.6) is 0 Å². The van der Waals surface area contributed by atoms with Gasteiger partial charge in [-0.25, -0.2) is 4.98 Å². The highest BCUT2D eigenvalue weighted by Gasteiger charge is 2.21. The van der Waals surface area contributed by atoms with Gasteiger partial charge in [0.2, 0.25) is 5.91 Å². The third-order valence-electron chi connectivity index (χ3n) is 4.58. The number of piperazine rings is 1. The Morgan fingerprint density at radius 2 is 2.04 bits per heavy atom. The fourth-order valence-corrected chi connectivity index (χ4v) is 4.30. The van der Waals surface area contributed by atoms with Gasteiger partial charge < -0.3 is 10.2 Å². The first kappa shape index (κ1) is 18.4. The van der Waals surface area contributed by atoms with Gasteiger partial charge >= 0.3 is 0 Å². The number of anilines is 1. The Morgan fingerprint density at radius 3 is 2.68 bits per heavy atom. The number of halogens is 1. The summed E-state index contributed by atoms with van der Waals surface area (Å²) in [7, 11) is 0. The van der Waals surface area contributed by atoms with Crippen LogP contribution in [-0.2, 0) is 4.79 Å². The molecule has 2 aromatic rings. The monoisotopic (exact) mass is 380 g/mol. The molecule has 0 unspecified atom stereocenters. The number of amides is 1. The lowest BCUT2D eigenvalue weighted by Crippen LogP contribution is -2.48. The molecule has 0 saturated carbocycles. The van der Waals surface area contributed by atoms with E-state index >= 15 is 0 Å². The van der Waals surface area contributed by atoms with Crippen LogP contribution in [0.15, 0.2) is 12.1 Å². The van der Waals surface area contributed by atoms with E-state index in [0.29, 0.717) is 6.54 Å². The van der Waals surface area contributed by atoms with E-state index in [-0.39, 0.29) is 11.8 Å². The number of nitrogens with one attached hydrogen (secondary N) is 1. The van der Waals surface area contributed by atoms with E-state index in [4.69, 9.17) is 16.6 Å². The van der Waals surface area contributed by atoms with Gasteiger partial charge in [0.15, 0.2) is 5.13 Å². The van der Waals surface area contributed by atoms with Crippen LogP contribution in [0.3, 0.4) is 0 Å². The molecule has 1 amide bonds. The molecule has 2 heterocycles. The molecule has 25 heavy (non-hydrogen) atoms. The van der Waals surface area contributed by atoms with Crippen molar-refractivity contribution in [2.24, 2.45) is 5.92 Å². The van der Waals surface area contributed by atoms with E-state index in [1.165, 1.54) is 5.56 Å². The smallest absolute Gasteiger partial charge is 0.222 e. The van der Waals surface area contributed by atoms with Crippen LogP contribution >= 0.6 is 22.9 Å². The van der Waals surface area contributed by atoms with Gasteiger partial charge in [0.25, 0.3) is 0 Å². The minimum absolute atomic E-state index is 0.0474. The Morgan fingerprint density at radius 1 is 1.32 bits per heavy atom. The molecule has 1 N–H and O–H groups in total. The quantitative estimate of drug-likeness (QED) is 0.865. The largest absolute Gasteiger partial charge is 0.355 e. The molecule has 7 heteroatoms. The molecule has 1 saturated heterocycles. The molecule has 1 aliphatic rings. The summed E-state index contributed by atoms with van der Waals surface area (Å²) in [6.45, 7) is 11.4. The van der Waals surface area contributed by atoms with Crippen molar-refractivity contribution in [2.75, 3.05) is 44.2 Å². The Balaban J connectivity index is 1.55. The minimum Gasteiger partial charge on any atom is -0.355 e. The summed E-state index contributed by atoms with van der Waals surface area (Å²) in [6, 6.07) is 3.97. The van der Waals surface area contributed by atoms with Crippen molar-refractivity contribution in [1.82, 2.24) is 15.2 Å². The van der Waals surface area contributed by atoms with Crippen LogP contribution in [0.4, 0.5) is 5.13 Å². The lowest BCUT2D eigenvalue weighted by molar-refractivity contribution is -0.124. The average molecular weight is 381 g/mol. The highest BCUT2D eigenvalue weighted by Crippen LogP contribution is 2.35.